The van der Waals surface area contributed by atoms with Crippen molar-refractivity contribution in [2.24, 2.45) is 5.92 Å². The zero-order valence-corrected chi connectivity index (χ0v) is 9.34. The third-order valence-corrected chi connectivity index (χ3v) is 2.64. The molecule has 76 valence electrons. The molecule has 1 aliphatic carbocycles. The van der Waals surface area contributed by atoms with Crippen LogP contribution in [-0.4, -0.2) is 18.0 Å². The summed E-state index contributed by atoms with van der Waals surface area (Å²) >= 11 is 0. The highest BCUT2D eigenvalue weighted by atomic mass is 15.1. The van der Waals surface area contributed by atoms with E-state index in [4.69, 9.17) is 0 Å². The number of hydrogen-bond acceptors (Lipinski definition) is 1. The fourth-order valence-electron chi connectivity index (χ4n) is 1.97. The van der Waals surface area contributed by atoms with Gasteiger partial charge in [0.1, 0.15) is 0 Å². The molecule has 0 atom stereocenters. The Labute approximate surface area is 82.8 Å². The SMILES string of the molecule is C/C=C(\C1CC1)N(CCC)CCC. The third kappa shape index (κ3) is 3.06. The lowest BCUT2D eigenvalue weighted by Gasteiger charge is -2.26. The zero-order chi connectivity index (χ0) is 9.68. The Morgan fingerprint density at radius 3 is 2.08 bits per heavy atom. The van der Waals surface area contributed by atoms with Gasteiger partial charge in [-0.1, -0.05) is 19.9 Å². The summed E-state index contributed by atoms with van der Waals surface area (Å²) in [6.07, 6.45) is 7.70. The van der Waals surface area contributed by atoms with E-state index >= 15 is 0 Å². The maximum Gasteiger partial charge on any atom is 0.0172 e. The Balaban J connectivity index is 2.49. The van der Waals surface area contributed by atoms with Crippen LogP contribution in [-0.2, 0) is 0 Å². The van der Waals surface area contributed by atoms with Gasteiger partial charge in [0, 0.05) is 18.8 Å². The lowest BCUT2D eigenvalue weighted by Crippen LogP contribution is -2.25. The van der Waals surface area contributed by atoms with Gasteiger partial charge in [0.05, 0.1) is 0 Å². The summed E-state index contributed by atoms with van der Waals surface area (Å²) in [7, 11) is 0. The molecule has 0 heterocycles. The first-order valence-electron chi connectivity index (χ1n) is 5.74. The first-order valence-corrected chi connectivity index (χ1v) is 5.74. The molecule has 0 aromatic heterocycles. The van der Waals surface area contributed by atoms with E-state index in [0.717, 1.165) is 5.92 Å². The van der Waals surface area contributed by atoms with Crippen LogP contribution < -0.4 is 0 Å². The van der Waals surface area contributed by atoms with Gasteiger partial charge in [0.2, 0.25) is 0 Å². The molecule has 13 heavy (non-hydrogen) atoms. The molecule has 1 aliphatic rings. The molecule has 0 bridgehead atoms. The molecule has 1 saturated carbocycles. The third-order valence-electron chi connectivity index (χ3n) is 2.64. The Kier molecular flexibility index (Phi) is 4.34. The molecule has 1 nitrogen and oxygen atoms in total. The van der Waals surface area contributed by atoms with E-state index in [9.17, 15) is 0 Å². The van der Waals surface area contributed by atoms with Crippen molar-refractivity contribution >= 4 is 0 Å². The highest BCUT2D eigenvalue weighted by Gasteiger charge is 2.28. The van der Waals surface area contributed by atoms with Gasteiger partial charge in [0.25, 0.3) is 0 Å². The van der Waals surface area contributed by atoms with E-state index in [2.05, 4.69) is 31.7 Å². The molecule has 0 aliphatic heterocycles. The summed E-state index contributed by atoms with van der Waals surface area (Å²) in [6, 6.07) is 0. The maximum absolute atomic E-state index is 2.58. The first-order chi connectivity index (χ1) is 6.33. The van der Waals surface area contributed by atoms with Crippen molar-refractivity contribution in [1.29, 1.82) is 0 Å². The number of hydrogen-bond donors (Lipinski definition) is 0. The molecule has 0 aromatic carbocycles. The lowest BCUT2D eigenvalue weighted by molar-refractivity contribution is 0.327. The van der Waals surface area contributed by atoms with Crippen LogP contribution in [0.4, 0.5) is 0 Å². The molecule has 0 amide bonds. The lowest BCUT2D eigenvalue weighted by atomic mass is 10.2. The van der Waals surface area contributed by atoms with Gasteiger partial charge in [-0.05, 0) is 38.5 Å². The highest BCUT2D eigenvalue weighted by Crippen LogP contribution is 2.38. The molecular formula is C12H23N. The minimum atomic E-state index is 0.906. The molecule has 0 radical (unpaired) electrons. The van der Waals surface area contributed by atoms with E-state index in [0.29, 0.717) is 0 Å². The summed E-state index contributed by atoms with van der Waals surface area (Å²) < 4.78 is 0. The van der Waals surface area contributed by atoms with Crippen LogP contribution in [0.1, 0.15) is 46.5 Å². The molecule has 0 saturated heterocycles. The summed E-state index contributed by atoms with van der Waals surface area (Å²) in [5, 5.41) is 0. The van der Waals surface area contributed by atoms with Gasteiger partial charge < -0.3 is 4.90 Å². The molecule has 1 fully saturated rings. The molecule has 0 aromatic rings. The number of rotatable bonds is 6. The van der Waals surface area contributed by atoms with Crippen LogP contribution >= 0.6 is 0 Å². The number of allylic oxidation sites excluding steroid dienone is 2. The van der Waals surface area contributed by atoms with Crippen LogP contribution in [0.2, 0.25) is 0 Å². The summed E-state index contributed by atoms with van der Waals surface area (Å²) in [5.74, 6) is 0.906. The second-order valence-corrected chi connectivity index (χ2v) is 3.97. The molecule has 0 N–H and O–H groups in total. The Morgan fingerprint density at radius 1 is 1.23 bits per heavy atom. The standard InChI is InChI=1S/C12H23N/c1-4-9-13(10-5-2)12(6-3)11-7-8-11/h6,11H,4-5,7-10H2,1-3H3/b12-6+. The smallest absolute Gasteiger partial charge is 0.0172 e. The highest BCUT2D eigenvalue weighted by molar-refractivity contribution is 5.10. The fourth-order valence-corrected chi connectivity index (χ4v) is 1.97. The van der Waals surface area contributed by atoms with Gasteiger partial charge in [-0.15, -0.1) is 0 Å². The van der Waals surface area contributed by atoms with Crippen LogP contribution in [0.5, 0.6) is 0 Å². The average Bonchev–Trinajstić information content (AvgIpc) is 2.90. The maximum atomic E-state index is 2.58. The number of nitrogens with zero attached hydrogens (tertiary/aromatic N) is 1. The second kappa shape index (κ2) is 5.31. The largest absolute Gasteiger partial charge is 0.375 e. The fraction of sp³-hybridized carbons (Fsp3) is 0.833. The minimum absolute atomic E-state index is 0.906. The van der Waals surface area contributed by atoms with Crippen molar-refractivity contribution in [3.63, 3.8) is 0 Å². The van der Waals surface area contributed by atoms with Gasteiger partial charge >= 0.3 is 0 Å². The van der Waals surface area contributed by atoms with Crippen molar-refractivity contribution in [1.82, 2.24) is 4.90 Å². The van der Waals surface area contributed by atoms with Crippen LogP contribution in [0.25, 0.3) is 0 Å². The van der Waals surface area contributed by atoms with Gasteiger partial charge in [-0.2, -0.15) is 0 Å². The summed E-state index contributed by atoms with van der Waals surface area (Å²) in [4.78, 5) is 2.58. The predicted octanol–water partition coefficient (Wildman–Crippen LogP) is 3.42. The average molecular weight is 181 g/mol. The second-order valence-electron chi connectivity index (χ2n) is 3.97. The van der Waals surface area contributed by atoms with Gasteiger partial charge in [-0.25, -0.2) is 0 Å². The molecule has 1 heteroatoms. The molecule has 0 unspecified atom stereocenters. The van der Waals surface area contributed by atoms with E-state index in [1.54, 1.807) is 5.70 Å². The molecule has 1 rings (SSSR count). The van der Waals surface area contributed by atoms with Gasteiger partial charge in [0.15, 0.2) is 0 Å². The monoisotopic (exact) mass is 181 g/mol. The van der Waals surface area contributed by atoms with Crippen molar-refractivity contribution in [3.05, 3.63) is 11.8 Å². The van der Waals surface area contributed by atoms with Crippen molar-refractivity contribution in [3.8, 4) is 0 Å². The summed E-state index contributed by atoms with van der Waals surface area (Å²) in [5.41, 5.74) is 1.61. The van der Waals surface area contributed by atoms with E-state index in [1.165, 1.54) is 38.8 Å². The van der Waals surface area contributed by atoms with Crippen LogP contribution in [0.15, 0.2) is 11.8 Å². The molecular weight excluding hydrogens is 158 g/mol. The Morgan fingerprint density at radius 2 is 1.77 bits per heavy atom. The van der Waals surface area contributed by atoms with Crippen molar-refractivity contribution in [2.45, 2.75) is 46.5 Å². The Bertz CT molecular complexity index is 162. The summed E-state index contributed by atoms with van der Waals surface area (Å²) in [6.45, 7) is 9.20. The van der Waals surface area contributed by atoms with E-state index < -0.39 is 0 Å². The quantitative estimate of drug-likeness (QED) is 0.607. The van der Waals surface area contributed by atoms with Gasteiger partial charge in [-0.3, -0.25) is 0 Å². The topological polar surface area (TPSA) is 3.24 Å². The van der Waals surface area contributed by atoms with Crippen LogP contribution in [0.3, 0.4) is 0 Å². The van der Waals surface area contributed by atoms with Crippen molar-refractivity contribution in [2.75, 3.05) is 13.1 Å². The van der Waals surface area contributed by atoms with Crippen molar-refractivity contribution < 1.29 is 0 Å². The zero-order valence-electron chi connectivity index (χ0n) is 9.34. The predicted molar refractivity (Wildman–Crippen MR) is 58.6 cm³/mol. The minimum Gasteiger partial charge on any atom is -0.375 e. The van der Waals surface area contributed by atoms with E-state index in [1.807, 2.05) is 0 Å². The van der Waals surface area contributed by atoms with E-state index in [-0.39, 0.29) is 0 Å². The Hall–Kier alpha value is -0.460. The molecule has 0 spiro atoms. The normalized spacial score (nSPS) is 17.6. The first kappa shape index (κ1) is 10.6. The van der Waals surface area contributed by atoms with Crippen LogP contribution in [0, 0.1) is 5.92 Å².